The van der Waals surface area contributed by atoms with Gasteiger partial charge >= 0.3 is 12.1 Å². The largest absolute Gasteiger partial charge is 0.480 e. The van der Waals surface area contributed by atoms with Crippen LogP contribution in [0.4, 0.5) is 4.79 Å². The number of carboxylic acid groups (broad SMARTS) is 1. The highest BCUT2D eigenvalue weighted by molar-refractivity contribution is 14.1. The van der Waals surface area contributed by atoms with Gasteiger partial charge in [0.15, 0.2) is 0 Å². The van der Waals surface area contributed by atoms with E-state index >= 15 is 0 Å². The Kier molecular flexibility index (Phi) is 6.08. The molecule has 1 aromatic carbocycles. The number of carboxylic acids is 1. The Morgan fingerprint density at radius 1 is 1.29 bits per heavy atom. The van der Waals surface area contributed by atoms with E-state index < -0.39 is 23.7 Å². The second-order valence-corrected chi connectivity index (χ2v) is 8.03. The zero-order valence-corrected chi connectivity index (χ0v) is 16.1. The van der Waals surface area contributed by atoms with Gasteiger partial charge in [0.25, 0.3) is 0 Å². The van der Waals surface area contributed by atoms with E-state index in [0.717, 1.165) is 9.13 Å². The summed E-state index contributed by atoms with van der Waals surface area (Å²) in [6.07, 6.45) is -0.674. The number of ether oxygens (including phenoxy) is 2. The quantitative estimate of drug-likeness (QED) is 0.718. The first-order valence-corrected chi connectivity index (χ1v) is 8.82. The number of aliphatic carboxylic acids is 1. The number of nitrogens with zero attached hydrogens (tertiary/aromatic N) is 1. The molecule has 0 aliphatic carbocycles. The van der Waals surface area contributed by atoms with E-state index in [0.29, 0.717) is 6.61 Å². The lowest BCUT2D eigenvalue weighted by Gasteiger charge is -2.26. The van der Waals surface area contributed by atoms with Crippen LogP contribution in [0.3, 0.4) is 0 Å². The van der Waals surface area contributed by atoms with Gasteiger partial charge in [0.05, 0.1) is 19.3 Å². The smallest absolute Gasteiger partial charge is 0.411 e. The van der Waals surface area contributed by atoms with Crippen molar-refractivity contribution in [3.63, 3.8) is 0 Å². The summed E-state index contributed by atoms with van der Waals surface area (Å²) >= 11 is 2.23. The normalized spacial score (nSPS) is 20.9. The van der Waals surface area contributed by atoms with Crippen LogP contribution in [-0.4, -0.2) is 46.4 Å². The van der Waals surface area contributed by atoms with Gasteiger partial charge < -0.3 is 14.6 Å². The lowest BCUT2D eigenvalue weighted by molar-refractivity contribution is -0.142. The lowest BCUT2D eigenvalue weighted by atomic mass is 10.2. The van der Waals surface area contributed by atoms with Crippen LogP contribution in [0.25, 0.3) is 0 Å². The summed E-state index contributed by atoms with van der Waals surface area (Å²) < 4.78 is 12.2. The first-order valence-electron chi connectivity index (χ1n) is 7.74. The van der Waals surface area contributed by atoms with Crippen LogP contribution < -0.4 is 0 Å². The van der Waals surface area contributed by atoms with E-state index in [2.05, 4.69) is 22.6 Å². The molecule has 1 aliphatic rings. The van der Waals surface area contributed by atoms with E-state index in [1.807, 2.05) is 24.3 Å². The highest BCUT2D eigenvalue weighted by atomic mass is 127. The predicted molar refractivity (Wildman–Crippen MR) is 96.7 cm³/mol. The molecular formula is C17H22INO5. The number of carbonyl (C=O) groups excluding carboxylic acids is 1. The molecule has 6 nitrogen and oxygen atoms in total. The van der Waals surface area contributed by atoms with Crippen molar-refractivity contribution in [2.75, 3.05) is 6.54 Å². The van der Waals surface area contributed by atoms with E-state index in [1.54, 1.807) is 20.8 Å². The number of amides is 1. The maximum absolute atomic E-state index is 12.2. The molecule has 2 rings (SSSR count). The summed E-state index contributed by atoms with van der Waals surface area (Å²) in [6.45, 7) is 5.86. The minimum Gasteiger partial charge on any atom is -0.480 e. The van der Waals surface area contributed by atoms with Crippen molar-refractivity contribution >= 4 is 34.7 Å². The number of hydrogen-bond acceptors (Lipinski definition) is 4. The fourth-order valence-electron chi connectivity index (χ4n) is 2.47. The molecule has 0 aromatic heterocycles. The van der Waals surface area contributed by atoms with Crippen molar-refractivity contribution in [3.8, 4) is 0 Å². The monoisotopic (exact) mass is 447 g/mol. The molecule has 0 spiro atoms. The van der Waals surface area contributed by atoms with Crippen LogP contribution in [-0.2, 0) is 20.9 Å². The molecular weight excluding hydrogens is 425 g/mol. The fraction of sp³-hybridized carbons (Fsp3) is 0.529. The Hall–Kier alpha value is -1.35. The van der Waals surface area contributed by atoms with Gasteiger partial charge in [0.1, 0.15) is 11.6 Å². The van der Waals surface area contributed by atoms with Gasteiger partial charge in [-0.15, -0.1) is 0 Å². The molecule has 1 fully saturated rings. The van der Waals surface area contributed by atoms with Crippen molar-refractivity contribution in [3.05, 3.63) is 33.4 Å². The zero-order chi connectivity index (χ0) is 17.9. The standard InChI is InChI=1S/C17H22INO5/c1-17(2,3)24-16(22)19-9-13(8-14(19)15(20)21)23-10-11-4-6-12(18)7-5-11/h4-7,13-14H,8-10H2,1-3H3,(H,20,21)/t13-,14-/m0/s1. The molecule has 24 heavy (non-hydrogen) atoms. The van der Waals surface area contributed by atoms with Crippen LogP contribution in [0.5, 0.6) is 0 Å². The maximum Gasteiger partial charge on any atom is 0.411 e. The van der Waals surface area contributed by atoms with Gasteiger partial charge in [-0.2, -0.15) is 0 Å². The summed E-state index contributed by atoms with van der Waals surface area (Å²) in [5, 5.41) is 9.36. The molecule has 0 saturated carbocycles. The van der Waals surface area contributed by atoms with Crippen molar-refractivity contribution in [1.29, 1.82) is 0 Å². The third-order valence-electron chi connectivity index (χ3n) is 3.57. The number of halogens is 1. The van der Waals surface area contributed by atoms with Gasteiger partial charge in [0, 0.05) is 9.99 Å². The molecule has 1 amide bonds. The summed E-state index contributed by atoms with van der Waals surface area (Å²) in [4.78, 5) is 24.9. The second kappa shape index (κ2) is 7.69. The Labute approximate surface area is 155 Å². The minimum absolute atomic E-state index is 0.219. The van der Waals surface area contributed by atoms with Crippen LogP contribution in [0.2, 0.25) is 0 Å². The Morgan fingerprint density at radius 2 is 1.92 bits per heavy atom. The highest BCUT2D eigenvalue weighted by Crippen LogP contribution is 2.24. The van der Waals surface area contributed by atoms with Crippen LogP contribution in [0.1, 0.15) is 32.8 Å². The molecule has 1 heterocycles. The summed E-state index contributed by atoms with van der Waals surface area (Å²) in [7, 11) is 0. The molecule has 1 aromatic rings. The number of rotatable bonds is 4. The molecule has 2 atom stereocenters. The van der Waals surface area contributed by atoms with Crippen molar-refractivity contribution in [2.45, 2.75) is 51.5 Å². The third-order valence-corrected chi connectivity index (χ3v) is 4.29. The van der Waals surface area contributed by atoms with E-state index in [1.165, 1.54) is 4.90 Å². The van der Waals surface area contributed by atoms with E-state index in [9.17, 15) is 14.7 Å². The molecule has 132 valence electrons. The second-order valence-electron chi connectivity index (χ2n) is 6.78. The van der Waals surface area contributed by atoms with Gasteiger partial charge in [-0.1, -0.05) is 12.1 Å². The van der Waals surface area contributed by atoms with Crippen molar-refractivity contribution in [2.24, 2.45) is 0 Å². The predicted octanol–water partition coefficient (Wildman–Crippen LogP) is 3.27. The number of likely N-dealkylation sites (tertiary alicyclic amines) is 1. The number of benzene rings is 1. The summed E-state index contributed by atoms with van der Waals surface area (Å²) in [5.74, 6) is -1.04. The highest BCUT2D eigenvalue weighted by Gasteiger charge is 2.42. The Balaban J connectivity index is 1.97. The molecule has 1 N–H and O–H groups in total. The van der Waals surface area contributed by atoms with Gasteiger partial charge in [0.2, 0.25) is 0 Å². The average Bonchev–Trinajstić information content (AvgIpc) is 2.89. The Morgan fingerprint density at radius 3 is 2.46 bits per heavy atom. The Bertz CT molecular complexity index is 596. The fourth-order valence-corrected chi connectivity index (χ4v) is 2.83. The first kappa shape index (κ1) is 19.0. The van der Waals surface area contributed by atoms with Crippen molar-refractivity contribution in [1.82, 2.24) is 4.90 Å². The zero-order valence-electron chi connectivity index (χ0n) is 14.0. The molecule has 1 aliphatic heterocycles. The SMILES string of the molecule is CC(C)(C)OC(=O)N1C[C@@H](OCc2ccc(I)cc2)C[C@H]1C(=O)O. The summed E-state index contributed by atoms with van der Waals surface area (Å²) in [6, 6.07) is 7.00. The van der Waals surface area contributed by atoms with Crippen LogP contribution in [0.15, 0.2) is 24.3 Å². The van der Waals surface area contributed by atoms with Crippen LogP contribution >= 0.6 is 22.6 Å². The van der Waals surface area contributed by atoms with Gasteiger partial charge in [-0.3, -0.25) is 4.90 Å². The first-order chi connectivity index (χ1) is 11.2. The van der Waals surface area contributed by atoms with Crippen LogP contribution in [0, 0.1) is 3.57 Å². The summed E-state index contributed by atoms with van der Waals surface area (Å²) in [5.41, 5.74) is 0.346. The third kappa shape index (κ3) is 5.34. The minimum atomic E-state index is -1.04. The lowest BCUT2D eigenvalue weighted by Crippen LogP contribution is -2.43. The molecule has 1 saturated heterocycles. The van der Waals surface area contributed by atoms with E-state index in [4.69, 9.17) is 9.47 Å². The topological polar surface area (TPSA) is 76.1 Å². The van der Waals surface area contributed by atoms with Crippen molar-refractivity contribution < 1.29 is 24.2 Å². The maximum atomic E-state index is 12.2. The van der Waals surface area contributed by atoms with Gasteiger partial charge in [-0.25, -0.2) is 9.59 Å². The number of carbonyl (C=O) groups is 2. The molecule has 0 unspecified atom stereocenters. The number of hydrogen-bond donors (Lipinski definition) is 1. The van der Waals surface area contributed by atoms with E-state index in [-0.39, 0.29) is 19.1 Å². The van der Waals surface area contributed by atoms with Gasteiger partial charge in [-0.05, 0) is 61.1 Å². The average molecular weight is 447 g/mol. The molecule has 0 radical (unpaired) electrons. The molecule has 7 heteroatoms. The molecule has 0 bridgehead atoms.